The molecule has 0 bridgehead atoms. The van der Waals surface area contributed by atoms with Gasteiger partial charge >= 0.3 is 6.18 Å². The van der Waals surface area contributed by atoms with E-state index in [4.69, 9.17) is 4.74 Å². The van der Waals surface area contributed by atoms with E-state index in [2.05, 4.69) is 0 Å². The highest BCUT2D eigenvalue weighted by Crippen LogP contribution is 2.68. The number of carbonyl (C=O) groups excluding carboxylic acids is 1. The van der Waals surface area contributed by atoms with Gasteiger partial charge in [0, 0.05) is 19.5 Å². The summed E-state index contributed by atoms with van der Waals surface area (Å²) in [4.78, 5) is 14.4. The number of nitrogens with zero attached hydrogens (tertiary/aromatic N) is 1. The summed E-state index contributed by atoms with van der Waals surface area (Å²) in [5, 5.41) is 9.92. The third-order valence-corrected chi connectivity index (χ3v) is 9.57. The van der Waals surface area contributed by atoms with Crippen LogP contribution in [0.15, 0.2) is 18.2 Å². The van der Waals surface area contributed by atoms with Gasteiger partial charge in [-0.3, -0.25) is 4.79 Å². The quantitative estimate of drug-likeness (QED) is 0.604. The third kappa shape index (κ3) is 4.22. The molecule has 2 saturated carbocycles. The van der Waals surface area contributed by atoms with E-state index in [0.29, 0.717) is 52.0 Å². The molecule has 1 N–H and O–H groups in total. The summed E-state index contributed by atoms with van der Waals surface area (Å²) in [6.45, 7) is 4.24. The van der Waals surface area contributed by atoms with Crippen LogP contribution in [-0.4, -0.2) is 48.4 Å². The molecule has 1 amide bonds. The molecular formula is C27H36F3NO3. The number of hydrogen-bond acceptors (Lipinski definition) is 3. The maximum Gasteiger partial charge on any atom is 0.392 e. The van der Waals surface area contributed by atoms with Crippen LogP contribution in [0.25, 0.3) is 0 Å². The number of halogens is 3. The summed E-state index contributed by atoms with van der Waals surface area (Å²) in [5.41, 5.74) is 1.66. The predicted octanol–water partition coefficient (Wildman–Crippen LogP) is 5.68. The van der Waals surface area contributed by atoms with Crippen molar-refractivity contribution in [1.82, 2.24) is 4.90 Å². The second-order valence-corrected chi connectivity index (χ2v) is 11.2. The molecule has 4 unspecified atom stereocenters. The number of alkyl halides is 3. The van der Waals surface area contributed by atoms with Crippen LogP contribution in [0.5, 0.6) is 5.75 Å². The summed E-state index contributed by atoms with van der Waals surface area (Å²) in [5.74, 6) is -0.357. The summed E-state index contributed by atoms with van der Waals surface area (Å²) < 4.78 is 48.1. The number of ether oxygens (including phenoxy) is 1. The van der Waals surface area contributed by atoms with Gasteiger partial charge in [0.1, 0.15) is 5.75 Å². The Labute approximate surface area is 199 Å². The van der Waals surface area contributed by atoms with E-state index in [1.54, 1.807) is 6.07 Å². The normalized spacial score (nSPS) is 35.4. The van der Waals surface area contributed by atoms with Gasteiger partial charge in [-0.1, -0.05) is 13.0 Å². The molecule has 0 spiro atoms. The predicted molar refractivity (Wildman–Crippen MR) is 122 cm³/mol. The average Bonchev–Trinajstić information content (AvgIpc) is 3.12. The monoisotopic (exact) mass is 479 g/mol. The van der Waals surface area contributed by atoms with Crippen molar-refractivity contribution in [3.05, 3.63) is 29.3 Å². The molecular weight excluding hydrogens is 443 g/mol. The Morgan fingerprint density at radius 1 is 1.24 bits per heavy atom. The van der Waals surface area contributed by atoms with Gasteiger partial charge in [-0.05, 0) is 97.3 Å². The number of phenols is 1. The van der Waals surface area contributed by atoms with Crippen LogP contribution in [-0.2, 0) is 16.0 Å². The summed E-state index contributed by atoms with van der Waals surface area (Å²) in [6, 6.07) is 5.55. The Hall–Kier alpha value is -1.76. The second-order valence-electron chi connectivity index (χ2n) is 11.2. The first-order chi connectivity index (χ1) is 16.2. The van der Waals surface area contributed by atoms with E-state index < -0.39 is 17.5 Å². The number of aryl methyl sites for hydroxylation is 1. The van der Waals surface area contributed by atoms with E-state index in [-0.39, 0.29) is 41.7 Å². The van der Waals surface area contributed by atoms with Gasteiger partial charge in [-0.15, -0.1) is 0 Å². The first-order valence-electron chi connectivity index (χ1n) is 12.9. The molecule has 1 aromatic rings. The Kier molecular flexibility index (Phi) is 6.36. The number of morpholine rings is 1. The van der Waals surface area contributed by atoms with Crippen molar-refractivity contribution in [3.8, 4) is 5.75 Å². The van der Waals surface area contributed by atoms with Crippen molar-refractivity contribution < 1.29 is 27.8 Å². The minimum Gasteiger partial charge on any atom is -0.508 e. The van der Waals surface area contributed by atoms with Crippen LogP contribution in [0.1, 0.15) is 68.9 Å². The highest BCUT2D eigenvalue weighted by atomic mass is 19.4. The fraction of sp³-hybridized carbons (Fsp3) is 0.741. The second kappa shape index (κ2) is 9.03. The van der Waals surface area contributed by atoms with Gasteiger partial charge in [0.2, 0.25) is 5.91 Å². The molecule has 4 nitrogen and oxygen atoms in total. The number of phenolic OH excluding ortho intramolecular Hbond substituents is 1. The lowest BCUT2D eigenvalue weighted by Crippen LogP contribution is -2.46. The molecule has 188 valence electrons. The highest BCUT2D eigenvalue weighted by Gasteiger charge is 2.64. The number of rotatable bonds is 4. The number of hydrogen-bond donors (Lipinski definition) is 1. The molecule has 7 heteroatoms. The first-order valence-corrected chi connectivity index (χ1v) is 12.9. The minimum atomic E-state index is -4.18. The molecule has 0 aromatic heterocycles. The number of carbonyl (C=O) groups is 1. The van der Waals surface area contributed by atoms with Gasteiger partial charge in [0.15, 0.2) is 0 Å². The van der Waals surface area contributed by atoms with Crippen LogP contribution in [0.3, 0.4) is 0 Å². The van der Waals surface area contributed by atoms with Crippen molar-refractivity contribution in [2.75, 3.05) is 26.3 Å². The van der Waals surface area contributed by atoms with Crippen LogP contribution >= 0.6 is 0 Å². The minimum absolute atomic E-state index is 0.000536. The largest absolute Gasteiger partial charge is 0.508 e. The zero-order valence-electron chi connectivity index (χ0n) is 19.9. The van der Waals surface area contributed by atoms with E-state index in [1.165, 1.54) is 5.56 Å². The Bertz CT molecular complexity index is 913. The van der Waals surface area contributed by atoms with E-state index in [9.17, 15) is 23.1 Å². The van der Waals surface area contributed by atoms with Crippen LogP contribution in [0.4, 0.5) is 13.2 Å². The summed E-state index contributed by atoms with van der Waals surface area (Å²) in [6.07, 6.45) is 0.836. The molecule has 3 fully saturated rings. The zero-order chi connectivity index (χ0) is 24.1. The summed E-state index contributed by atoms with van der Waals surface area (Å²) >= 11 is 0. The van der Waals surface area contributed by atoms with Gasteiger partial charge in [0.25, 0.3) is 0 Å². The van der Waals surface area contributed by atoms with E-state index in [1.807, 2.05) is 24.0 Å². The van der Waals surface area contributed by atoms with E-state index in [0.717, 1.165) is 24.8 Å². The molecule has 4 aliphatic rings. The van der Waals surface area contributed by atoms with Gasteiger partial charge < -0.3 is 14.7 Å². The number of fused-ring (bicyclic) bond motifs is 5. The Morgan fingerprint density at radius 3 is 2.74 bits per heavy atom. The number of aromatic hydroxyl groups is 1. The van der Waals surface area contributed by atoms with Gasteiger partial charge in [-0.2, -0.15) is 13.2 Å². The van der Waals surface area contributed by atoms with Crippen LogP contribution < -0.4 is 0 Å². The standard InChI is InChI=1S/C27H36F3NO3/c1-26-10-9-21-20-8-6-19(32)15-17(20)5-7-22(21)25(26)18(16-23(26)27(28,29)30)3-2-4-24(33)31-11-13-34-14-12-31/h6,8,15,18,21-23,25,32H,2-5,7,9-14,16H2,1H3/t18-,21?,22?,23?,25?,26+/m0/s1. The van der Waals surface area contributed by atoms with Gasteiger partial charge in [0.05, 0.1) is 19.1 Å². The van der Waals surface area contributed by atoms with Crippen molar-refractivity contribution in [2.45, 2.75) is 70.4 Å². The molecule has 1 aliphatic heterocycles. The smallest absolute Gasteiger partial charge is 0.392 e. The van der Waals surface area contributed by atoms with Crippen molar-refractivity contribution in [2.24, 2.45) is 29.1 Å². The highest BCUT2D eigenvalue weighted by molar-refractivity contribution is 5.76. The molecule has 1 heterocycles. The Balaban J connectivity index is 1.35. The fourth-order valence-electron chi connectivity index (χ4n) is 8.15. The Morgan fingerprint density at radius 2 is 2.00 bits per heavy atom. The molecule has 1 aromatic carbocycles. The number of amides is 1. The SMILES string of the molecule is C[C@]12CCC3c4ccc(O)cc4CCC3C1[C@@H](CCCC(=O)N1CCOCC1)CC2C(F)(F)F. The topological polar surface area (TPSA) is 49.8 Å². The maximum atomic E-state index is 14.3. The molecule has 34 heavy (non-hydrogen) atoms. The molecule has 3 aliphatic carbocycles. The lowest BCUT2D eigenvalue weighted by molar-refractivity contribution is -0.208. The van der Waals surface area contributed by atoms with Crippen LogP contribution in [0, 0.1) is 29.1 Å². The molecule has 0 radical (unpaired) electrons. The number of benzene rings is 1. The van der Waals surface area contributed by atoms with Crippen molar-refractivity contribution in [3.63, 3.8) is 0 Å². The average molecular weight is 480 g/mol. The summed E-state index contributed by atoms with van der Waals surface area (Å²) in [7, 11) is 0. The lowest BCUT2D eigenvalue weighted by Gasteiger charge is -2.52. The maximum absolute atomic E-state index is 14.3. The fourth-order valence-corrected chi connectivity index (χ4v) is 8.15. The molecule has 5 rings (SSSR count). The van der Waals surface area contributed by atoms with Gasteiger partial charge in [-0.25, -0.2) is 0 Å². The first kappa shape index (κ1) is 24.0. The molecule has 1 saturated heterocycles. The van der Waals surface area contributed by atoms with Crippen molar-refractivity contribution in [1.29, 1.82) is 0 Å². The lowest BCUT2D eigenvalue weighted by atomic mass is 9.52. The zero-order valence-corrected chi connectivity index (χ0v) is 19.9. The van der Waals surface area contributed by atoms with Crippen LogP contribution in [0.2, 0.25) is 0 Å². The van der Waals surface area contributed by atoms with E-state index >= 15 is 0 Å². The molecule has 6 atom stereocenters. The van der Waals surface area contributed by atoms with Crippen molar-refractivity contribution >= 4 is 5.91 Å². The third-order valence-electron chi connectivity index (χ3n) is 9.57.